The molecule has 134 valence electrons. The molecule has 1 N–H and O–H groups in total. The van der Waals surface area contributed by atoms with Gasteiger partial charge in [-0.3, -0.25) is 4.79 Å². The molecule has 5 nitrogen and oxygen atoms in total. The summed E-state index contributed by atoms with van der Waals surface area (Å²) >= 11 is 6.04. The summed E-state index contributed by atoms with van der Waals surface area (Å²) in [4.78, 5) is 24.7. The summed E-state index contributed by atoms with van der Waals surface area (Å²) < 4.78 is 10.1. The highest BCUT2D eigenvalue weighted by atomic mass is 35.5. The molecule has 0 fully saturated rings. The number of methoxy groups -OCH3 is 1. The Morgan fingerprint density at radius 3 is 2.46 bits per heavy atom. The van der Waals surface area contributed by atoms with E-state index in [2.05, 4.69) is 11.9 Å². The highest BCUT2D eigenvalue weighted by molar-refractivity contribution is 6.34. The summed E-state index contributed by atoms with van der Waals surface area (Å²) in [5, 5.41) is 2.84. The number of nitrogens with one attached hydrogen (secondary N) is 1. The van der Waals surface area contributed by atoms with E-state index in [1.54, 1.807) is 55.6 Å². The van der Waals surface area contributed by atoms with E-state index < -0.39 is 11.9 Å². The molecule has 0 aromatic heterocycles. The van der Waals surface area contributed by atoms with Crippen LogP contribution >= 0.6 is 11.6 Å². The van der Waals surface area contributed by atoms with Gasteiger partial charge in [-0.15, -0.1) is 0 Å². The molecule has 0 atom stereocenters. The Bertz CT molecular complexity index is 828. The predicted octanol–water partition coefficient (Wildman–Crippen LogP) is 3.85. The van der Waals surface area contributed by atoms with Gasteiger partial charge in [0.05, 0.1) is 17.7 Å². The molecule has 0 aliphatic carbocycles. The molecule has 0 bridgehead atoms. The SMILES string of the molecule is C=CCOC(=O)/C(=C\c1ccc(OC)cc1)NC(=O)c1ccccc1Cl. The molecule has 1 amide bonds. The van der Waals surface area contributed by atoms with Crippen LogP contribution in [0.3, 0.4) is 0 Å². The van der Waals surface area contributed by atoms with Crippen molar-refractivity contribution in [2.75, 3.05) is 13.7 Å². The zero-order valence-corrected chi connectivity index (χ0v) is 15.0. The lowest BCUT2D eigenvalue weighted by molar-refractivity contribution is -0.138. The Kier molecular flexibility index (Phi) is 7.00. The van der Waals surface area contributed by atoms with Gasteiger partial charge in [-0.25, -0.2) is 4.79 Å². The van der Waals surface area contributed by atoms with Gasteiger partial charge in [0.2, 0.25) is 0 Å². The topological polar surface area (TPSA) is 64.6 Å². The van der Waals surface area contributed by atoms with Gasteiger partial charge in [0.1, 0.15) is 18.1 Å². The Balaban J connectivity index is 2.29. The molecule has 6 heteroatoms. The van der Waals surface area contributed by atoms with Crippen molar-refractivity contribution in [1.29, 1.82) is 0 Å². The number of rotatable bonds is 7. The Labute approximate surface area is 156 Å². The molecular weight excluding hydrogens is 354 g/mol. The normalized spacial score (nSPS) is 10.8. The van der Waals surface area contributed by atoms with Crippen LogP contribution in [-0.4, -0.2) is 25.6 Å². The monoisotopic (exact) mass is 371 g/mol. The lowest BCUT2D eigenvalue weighted by Gasteiger charge is -2.10. The number of carbonyl (C=O) groups excluding carboxylic acids is 2. The van der Waals surface area contributed by atoms with Crippen molar-refractivity contribution in [1.82, 2.24) is 5.32 Å². The quantitative estimate of drug-likeness (QED) is 0.456. The summed E-state index contributed by atoms with van der Waals surface area (Å²) in [5.41, 5.74) is 0.934. The van der Waals surface area contributed by atoms with E-state index in [9.17, 15) is 9.59 Å². The first-order chi connectivity index (χ1) is 12.5. The van der Waals surface area contributed by atoms with Gasteiger partial charge < -0.3 is 14.8 Å². The largest absolute Gasteiger partial charge is 0.497 e. The van der Waals surface area contributed by atoms with Gasteiger partial charge in [-0.2, -0.15) is 0 Å². The van der Waals surface area contributed by atoms with E-state index >= 15 is 0 Å². The third-order valence-electron chi connectivity index (χ3n) is 3.35. The van der Waals surface area contributed by atoms with Crippen LogP contribution in [0.15, 0.2) is 66.9 Å². The fourth-order valence-corrected chi connectivity index (χ4v) is 2.28. The maximum Gasteiger partial charge on any atom is 0.355 e. The van der Waals surface area contributed by atoms with E-state index in [4.69, 9.17) is 21.1 Å². The summed E-state index contributed by atoms with van der Waals surface area (Å²) in [7, 11) is 1.56. The van der Waals surface area contributed by atoms with E-state index in [-0.39, 0.29) is 22.9 Å². The van der Waals surface area contributed by atoms with E-state index in [1.807, 2.05) is 0 Å². The van der Waals surface area contributed by atoms with Crippen molar-refractivity contribution in [2.45, 2.75) is 0 Å². The molecule has 0 aliphatic heterocycles. The van der Waals surface area contributed by atoms with Crippen LogP contribution in [0.1, 0.15) is 15.9 Å². The minimum Gasteiger partial charge on any atom is -0.497 e. The van der Waals surface area contributed by atoms with Crippen LogP contribution in [0.4, 0.5) is 0 Å². The van der Waals surface area contributed by atoms with Gasteiger partial charge in [0, 0.05) is 0 Å². The highest BCUT2D eigenvalue weighted by Crippen LogP contribution is 2.17. The number of carbonyl (C=O) groups is 2. The molecule has 0 radical (unpaired) electrons. The third-order valence-corrected chi connectivity index (χ3v) is 3.68. The van der Waals surface area contributed by atoms with E-state index in [1.165, 1.54) is 12.2 Å². The van der Waals surface area contributed by atoms with Crippen molar-refractivity contribution >= 4 is 29.6 Å². The minimum absolute atomic E-state index is 0.0121. The van der Waals surface area contributed by atoms with Crippen LogP contribution in [0.2, 0.25) is 5.02 Å². The van der Waals surface area contributed by atoms with E-state index in [0.29, 0.717) is 11.3 Å². The van der Waals surface area contributed by atoms with Crippen molar-refractivity contribution < 1.29 is 19.1 Å². The molecule has 2 aromatic carbocycles. The molecule has 2 aromatic rings. The zero-order chi connectivity index (χ0) is 18.9. The first-order valence-corrected chi connectivity index (χ1v) is 8.12. The molecule has 0 saturated heterocycles. The highest BCUT2D eigenvalue weighted by Gasteiger charge is 2.17. The number of amides is 1. The van der Waals surface area contributed by atoms with Crippen LogP contribution in [-0.2, 0) is 9.53 Å². The molecule has 0 spiro atoms. The maximum absolute atomic E-state index is 12.5. The summed E-state index contributed by atoms with van der Waals surface area (Å²) in [6, 6.07) is 13.6. The van der Waals surface area contributed by atoms with Gasteiger partial charge in [0.25, 0.3) is 5.91 Å². The second-order valence-electron chi connectivity index (χ2n) is 5.15. The summed E-state index contributed by atoms with van der Waals surface area (Å²) in [6.07, 6.45) is 2.96. The van der Waals surface area contributed by atoms with Gasteiger partial charge in [-0.1, -0.05) is 48.5 Å². The van der Waals surface area contributed by atoms with Crippen LogP contribution in [0.5, 0.6) is 5.75 Å². The van der Waals surface area contributed by atoms with Crippen molar-refractivity contribution in [3.63, 3.8) is 0 Å². The van der Waals surface area contributed by atoms with Crippen molar-refractivity contribution in [3.05, 3.63) is 83.0 Å². The fourth-order valence-electron chi connectivity index (χ4n) is 2.06. The predicted molar refractivity (Wildman–Crippen MR) is 101 cm³/mol. The Morgan fingerprint density at radius 2 is 1.85 bits per heavy atom. The number of ether oxygens (including phenoxy) is 2. The van der Waals surface area contributed by atoms with Gasteiger partial charge in [0.15, 0.2) is 0 Å². The maximum atomic E-state index is 12.5. The lowest BCUT2D eigenvalue weighted by atomic mass is 10.1. The average molecular weight is 372 g/mol. The summed E-state index contributed by atoms with van der Waals surface area (Å²) in [5.74, 6) is -0.509. The smallest absolute Gasteiger partial charge is 0.355 e. The molecule has 0 unspecified atom stereocenters. The Morgan fingerprint density at radius 1 is 1.15 bits per heavy atom. The van der Waals surface area contributed by atoms with Crippen molar-refractivity contribution in [2.24, 2.45) is 0 Å². The molecule has 26 heavy (non-hydrogen) atoms. The number of halogens is 1. The van der Waals surface area contributed by atoms with E-state index in [0.717, 1.165) is 0 Å². The summed E-state index contributed by atoms with van der Waals surface area (Å²) in [6.45, 7) is 3.53. The van der Waals surface area contributed by atoms with Gasteiger partial charge >= 0.3 is 5.97 Å². The Hall–Kier alpha value is -3.05. The first-order valence-electron chi connectivity index (χ1n) is 7.74. The average Bonchev–Trinajstić information content (AvgIpc) is 2.66. The third kappa shape index (κ3) is 5.22. The molecule has 0 saturated carbocycles. The number of esters is 1. The second-order valence-corrected chi connectivity index (χ2v) is 5.56. The first kappa shape index (κ1) is 19.3. The van der Waals surface area contributed by atoms with Crippen molar-refractivity contribution in [3.8, 4) is 5.75 Å². The second kappa shape index (κ2) is 9.44. The fraction of sp³-hybridized carbons (Fsp3) is 0.100. The van der Waals surface area contributed by atoms with Crippen LogP contribution in [0, 0.1) is 0 Å². The number of hydrogen-bond acceptors (Lipinski definition) is 4. The molecule has 2 rings (SSSR count). The van der Waals surface area contributed by atoms with Gasteiger partial charge in [-0.05, 0) is 35.9 Å². The zero-order valence-electron chi connectivity index (χ0n) is 14.2. The van der Waals surface area contributed by atoms with Crippen LogP contribution in [0.25, 0.3) is 6.08 Å². The standard InChI is InChI=1S/C20H18ClNO4/c1-3-12-26-20(24)18(13-14-8-10-15(25-2)11-9-14)22-19(23)16-6-4-5-7-17(16)21/h3-11,13H,1,12H2,2H3,(H,22,23)/b18-13+. The minimum atomic E-state index is -0.680. The number of hydrogen-bond donors (Lipinski definition) is 1. The van der Waals surface area contributed by atoms with Crippen LogP contribution < -0.4 is 10.1 Å². The number of benzene rings is 2. The molecule has 0 heterocycles. The lowest BCUT2D eigenvalue weighted by Crippen LogP contribution is -2.28. The molecular formula is C20H18ClNO4. The molecule has 0 aliphatic rings.